The van der Waals surface area contributed by atoms with Crippen LogP contribution in [0.15, 0.2) is 17.8 Å². The minimum atomic E-state index is -0.139. The maximum absolute atomic E-state index is 13.2. The number of aliphatic hydroxyl groups excluding tert-OH is 1. The van der Waals surface area contributed by atoms with Gasteiger partial charge in [0.25, 0.3) is 5.91 Å². The van der Waals surface area contributed by atoms with Gasteiger partial charge >= 0.3 is 0 Å². The smallest absolute Gasteiger partial charge is 0.276 e. The minimum absolute atomic E-state index is 0.104. The SMILES string of the molecule is C[C@H](CCC(=O)N1CCN(C(=O)c2cn(C)nn2)CC1)[C@H]1CC[C@H]2[C@@H]3CC=C4C[C@@H](O)CC[C@]4(C)[C@H]3CC[C@]12C. The average molecular weight is 552 g/mol. The van der Waals surface area contributed by atoms with Gasteiger partial charge in [-0.25, -0.2) is 0 Å². The monoisotopic (exact) mass is 551 g/mol. The average Bonchev–Trinajstić information content (AvgIpc) is 3.54. The highest BCUT2D eigenvalue weighted by Gasteiger charge is 2.59. The Morgan fingerprint density at radius 1 is 1.05 bits per heavy atom. The van der Waals surface area contributed by atoms with E-state index in [1.54, 1.807) is 23.7 Å². The fourth-order valence-corrected chi connectivity index (χ4v) is 10.1. The molecule has 40 heavy (non-hydrogen) atoms. The molecule has 2 heterocycles. The van der Waals surface area contributed by atoms with Crippen molar-refractivity contribution in [3.63, 3.8) is 0 Å². The van der Waals surface area contributed by atoms with Gasteiger partial charge < -0.3 is 14.9 Å². The highest BCUT2D eigenvalue weighted by Crippen LogP contribution is 2.67. The van der Waals surface area contributed by atoms with Crippen molar-refractivity contribution in [2.45, 2.75) is 91.1 Å². The van der Waals surface area contributed by atoms with Crippen molar-refractivity contribution < 1.29 is 14.7 Å². The maximum Gasteiger partial charge on any atom is 0.276 e. The molecular weight excluding hydrogens is 502 g/mol. The first kappa shape index (κ1) is 27.9. The van der Waals surface area contributed by atoms with Gasteiger partial charge in [-0.2, -0.15) is 0 Å². The molecule has 4 aliphatic carbocycles. The van der Waals surface area contributed by atoms with Gasteiger partial charge in [-0.1, -0.05) is 37.6 Å². The van der Waals surface area contributed by atoms with E-state index >= 15 is 0 Å². The number of amides is 2. The molecule has 8 heteroatoms. The Labute approximate surface area is 239 Å². The molecule has 6 rings (SSSR count). The van der Waals surface area contributed by atoms with Gasteiger partial charge in [-0.05, 0) is 98.2 Å². The van der Waals surface area contributed by atoms with Gasteiger partial charge in [-0.3, -0.25) is 14.3 Å². The van der Waals surface area contributed by atoms with E-state index in [0.29, 0.717) is 61.0 Å². The molecule has 1 aromatic rings. The zero-order valence-corrected chi connectivity index (χ0v) is 25.0. The zero-order valence-electron chi connectivity index (χ0n) is 25.0. The topological polar surface area (TPSA) is 91.6 Å². The molecule has 1 aliphatic heterocycles. The summed E-state index contributed by atoms with van der Waals surface area (Å²) in [5.41, 5.74) is 2.59. The van der Waals surface area contributed by atoms with Gasteiger partial charge in [0.1, 0.15) is 0 Å². The molecule has 1 saturated heterocycles. The Morgan fingerprint density at radius 3 is 2.52 bits per heavy atom. The summed E-state index contributed by atoms with van der Waals surface area (Å²) in [5.74, 6) is 3.71. The van der Waals surface area contributed by atoms with Crippen LogP contribution in [0.25, 0.3) is 0 Å². The lowest BCUT2D eigenvalue weighted by atomic mass is 9.47. The summed E-state index contributed by atoms with van der Waals surface area (Å²) in [7, 11) is 1.75. The first-order valence-corrected chi connectivity index (χ1v) is 15.9. The molecule has 0 unspecified atom stereocenters. The van der Waals surface area contributed by atoms with Gasteiger partial charge in [0, 0.05) is 39.6 Å². The third-order valence-corrected chi connectivity index (χ3v) is 12.4. The number of carbonyl (C=O) groups excluding carboxylic acids is 2. The highest BCUT2D eigenvalue weighted by molar-refractivity contribution is 5.92. The molecule has 4 fully saturated rings. The number of allylic oxidation sites excluding steroid dienone is 1. The van der Waals surface area contributed by atoms with Crippen LogP contribution in [-0.4, -0.2) is 74.0 Å². The first-order chi connectivity index (χ1) is 19.1. The molecular formula is C32H49N5O3. The van der Waals surface area contributed by atoms with Crippen LogP contribution < -0.4 is 0 Å². The number of fused-ring (bicyclic) bond motifs is 5. The maximum atomic E-state index is 13.2. The van der Waals surface area contributed by atoms with E-state index in [9.17, 15) is 14.7 Å². The van der Waals surface area contributed by atoms with Crippen LogP contribution in [0.2, 0.25) is 0 Å². The number of carbonyl (C=O) groups is 2. The normalized spacial score (nSPS) is 38.2. The molecule has 0 aromatic carbocycles. The second-order valence-electron chi connectivity index (χ2n) is 14.4. The van der Waals surface area contributed by atoms with Crippen molar-refractivity contribution in [1.29, 1.82) is 0 Å². The second kappa shape index (κ2) is 10.6. The number of piperazine rings is 1. The molecule has 0 bridgehead atoms. The van der Waals surface area contributed by atoms with Crippen molar-refractivity contribution in [3.8, 4) is 0 Å². The molecule has 5 aliphatic rings. The third-order valence-electron chi connectivity index (χ3n) is 12.4. The molecule has 220 valence electrons. The van der Waals surface area contributed by atoms with E-state index in [4.69, 9.17) is 0 Å². The molecule has 8 nitrogen and oxygen atoms in total. The molecule has 0 radical (unpaired) electrons. The van der Waals surface area contributed by atoms with Gasteiger partial charge in [0.05, 0.1) is 12.3 Å². The molecule has 0 spiro atoms. The highest BCUT2D eigenvalue weighted by atomic mass is 16.3. The largest absolute Gasteiger partial charge is 0.393 e. The predicted octanol–water partition coefficient (Wildman–Crippen LogP) is 4.46. The van der Waals surface area contributed by atoms with Gasteiger partial charge in [-0.15, -0.1) is 5.10 Å². The lowest BCUT2D eigenvalue weighted by molar-refractivity contribution is -0.133. The standard InChI is InChI=1S/C32H49N5O3/c1-21(5-10-29(39)36-15-17-37(18-16-36)30(40)28-20-35(4)34-33-28)25-8-9-26-24-7-6-22-19-23(38)11-13-31(22,2)27(24)12-14-32(25,26)3/h6,20-21,23-27,38H,5,7-19H2,1-4H3/t21-,23+,24+,25-,26+,27+,31+,32-/m1/s1. The summed E-state index contributed by atoms with van der Waals surface area (Å²) >= 11 is 0. The van der Waals surface area contributed by atoms with Crippen LogP contribution >= 0.6 is 0 Å². The number of aromatic nitrogens is 3. The first-order valence-electron chi connectivity index (χ1n) is 15.9. The van der Waals surface area contributed by atoms with E-state index in [2.05, 4.69) is 37.2 Å². The Kier molecular flexibility index (Phi) is 7.37. The fourth-order valence-electron chi connectivity index (χ4n) is 10.1. The Hall–Kier alpha value is -2.22. The fraction of sp³-hybridized carbons (Fsp3) is 0.812. The van der Waals surface area contributed by atoms with E-state index in [1.165, 1.54) is 36.8 Å². The summed E-state index contributed by atoms with van der Waals surface area (Å²) in [6.07, 6.45) is 15.1. The van der Waals surface area contributed by atoms with E-state index < -0.39 is 0 Å². The molecule has 2 amide bonds. The molecule has 1 aromatic heterocycles. The molecule has 3 saturated carbocycles. The molecule has 8 atom stereocenters. The third kappa shape index (κ3) is 4.72. The number of aliphatic hydroxyl groups is 1. The van der Waals surface area contributed by atoms with Crippen LogP contribution in [0, 0.1) is 40.4 Å². The number of hydrogen-bond donors (Lipinski definition) is 1. The van der Waals surface area contributed by atoms with Crippen molar-refractivity contribution >= 4 is 11.8 Å². The van der Waals surface area contributed by atoms with Crippen LogP contribution in [-0.2, 0) is 11.8 Å². The summed E-state index contributed by atoms with van der Waals surface area (Å²) in [5, 5.41) is 18.1. The van der Waals surface area contributed by atoms with Gasteiger partial charge in [0.15, 0.2) is 5.69 Å². The van der Waals surface area contributed by atoms with E-state index in [1.807, 2.05) is 4.90 Å². The summed E-state index contributed by atoms with van der Waals surface area (Å²) in [6.45, 7) is 9.79. The number of nitrogens with zero attached hydrogens (tertiary/aromatic N) is 5. The Bertz CT molecular complexity index is 1160. The minimum Gasteiger partial charge on any atom is -0.393 e. The van der Waals surface area contributed by atoms with Gasteiger partial charge in [0.2, 0.25) is 5.91 Å². The van der Waals surface area contributed by atoms with Crippen molar-refractivity contribution in [1.82, 2.24) is 24.8 Å². The number of aryl methyl sites for hydroxylation is 1. The number of hydrogen-bond acceptors (Lipinski definition) is 5. The summed E-state index contributed by atoms with van der Waals surface area (Å²) < 4.78 is 1.54. The number of rotatable bonds is 5. The second-order valence-corrected chi connectivity index (χ2v) is 14.4. The van der Waals surface area contributed by atoms with Crippen LogP contribution in [0.1, 0.15) is 95.5 Å². The Balaban J connectivity index is 1.02. The van der Waals surface area contributed by atoms with Crippen LogP contribution in [0.5, 0.6) is 0 Å². The summed E-state index contributed by atoms with van der Waals surface area (Å²) in [6, 6.07) is 0. The van der Waals surface area contributed by atoms with E-state index in [0.717, 1.165) is 43.4 Å². The van der Waals surface area contributed by atoms with E-state index in [-0.39, 0.29) is 17.9 Å². The predicted molar refractivity (Wildman–Crippen MR) is 153 cm³/mol. The zero-order chi connectivity index (χ0) is 28.2. The Morgan fingerprint density at radius 2 is 1.80 bits per heavy atom. The van der Waals surface area contributed by atoms with Crippen molar-refractivity contribution in [2.24, 2.45) is 47.5 Å². The summed E-state index contributed by atoms with van der Waals surface area (Å²) in [4.78, 5) is 29.6. The van der Waals surface area contributed by atoms with Crippen LogP contribution in [0.3, 0.4) is 0 Å². The van der Waals surface area contributed by atoms with Crippen molar-refractivity contribution in [3.05, 3.63) is 23.5 Å². The van der Waals surface area contributed by atoms with Crippen LogP contribution in [0.4, 0.5) is 0 Å². The lowest BCUT2D eigenvalue weighted by Gasteiger charge is -2.58. The molecule has 1 N–H and O–H groups in total. The quantitative estimate of drug-likeness (QED) is 0.546. The van der Waals surface area contributed by atoms with Crippen molar-refractivity contribution in [2.75, 3.05) is 26.2 Å². The lowest BCUT2D eigenvalue weighted by Crippen LogP contribution is -2.51.